The molecule has 0 aromatic heterocycles. The van der Waals surface area contributed by atoms with Crippen molar-refractivity contribution >= 4 is 23.2 Å². The van der Waals surface area contributed by atoms with E-state index in [9.17, 15) is 9.18 Å². The Hall–Kier alpha value is -1.33. The highest BCUT2D eigenvalue weighted by atomic mass is 35.5. The minimum absolute atomic E-state index is 0.0270. The number of halogens is 2. The molecule has 1 heterocycles. The molecule has 19 heavy (non-hydrogen) atoms. The fourth-order valence-corrected chi connectivity index (χ4v) is 2.23. The Labute approximate surface area is 116 Å². The average Bonchev–Trinajstić information content (AvgIpc) is 2.81. The number of benzene rings is 1. The second kappa shape index (κ2) is 5.75. The topological polar surface area (TPSA) is 52.6 Å². The monoisotopic (exact) mass is 286 g/mol. The first kappa shape index (κ1) is 14.1. The third-order valence-electron chi connectivity index (χ3n) is 3.18. The highest BCUT2D eigenvalue weighted by Gasteiger charge is 2.25. The van der Waals surface area contributed by atoms with Crippen LogP contribution in [0.4, 0.5) is 10.1 Å². The van der Waals surface area contributed by atoms with Crippen LogP contribution in [0.3, 0.4) is 0 Å². The molecule has 2 N–H and O–H groups in total. The van der Waals surface area contributed by atoms with Crippen LogP contribution in [0.25, 0.3) is 0 Å². The van der Waals surface area contributed by atoms with E-state index in [1.54, 1.807) is 6.07 Å². The Morgan fingerprint density at radius 1 is 1.63 bits per heavy atom. The van der Waals surface area contributed by atoms with Crippen molar-refractivity contribution in [1.82, 2.24) is 5.32 Å². The van der Waals surface area contributed by atoms with Crippen LogP contribution in [0.1, 0.15) is 13.3 Å². The Morgan fingerprint density at radius 2 is 2.37 bits per heavy atom. The molecule has 0 bridgehead atoms. The van der Waals surface area contributed by atoms with Crippen molar-refractivity contribution in [2.24, 2.45) is 0 Å². The van der Waals surface area contributed by atoms with E-state index in [1.807, 2.05) is 4.90 Å². The molecule has 0 spiro atoms. The van der Waals surface area contributed by atoms with Gasteiger partial charge in [0, 0.05) is 24.8 Å². The van der Waals surface area contributed by atoms with Gasteiger partial charge >= 0.3 is 0 Å². The van der Waals surface area contributed by atoms with Crippen LogP contribution in [0, 0.1) is 5.82 Å². The normalized spacial score (nSPS) is 20.4. The second-order valence-corrected chi connectivity index (χ2v) is 5.12. The van der Waals surface area contributed by atoms with Gasteiger partial charge in [-0.1, -0.05) is 11.6 Å². The third kappa shape index (κ3) is 3.36. The van der Waals surface area contributed by atoms with Crippen LogP contribution < -0.4 is 10.2 Å². The molecule has 1 aromatic carbocycles. The fraction of sp³-hybridized carbons (Fsp3) is 0.462. The fourth-order valence-electron chi connectivity index (χ4n) is 2.12. The SMILES string of the molecule is CC(O)C(=O)NC1CCN(c2ccc(Cl)c(F)c2)C1. The molecule has 2 rings (SSSR count). The molecule has 104 valence electrons. The first-order chi connectivity index (χ1) is 8.97. The summed E-state index contributed by atoms with van der Waals surface area (Å²) in [6, 6.07) is 4.64. The average molecular weight is 287 g/mol. The maximum absolute atomic E-state index is 13.4. The van der Waals surface area contributed by atoms with E-state index in [1.165, 1.54) is 19.1 Å². The highest BCUT2D eigenvalue weighted by Crippen LogP contribution is 2.24. The minimum atomic E-state index is -1.01. The number of rotatable bonds is 3. The third-order valence-corrected chi connectivity index (χ3v) is 3.49. The van der Waals surface area contributed by atoms with Crippen LogP contribution in [0.15, 0.2) is 18.2 Å². The van der Waals surface area contributed by atoms with E-state index in [2.05, 4.69) is 5.32 Å². The van der Waals surface area contributed by atoms with Crippen molar-refractivity contribution < 1.29 is 14.3 Å². The summed E-state index contributed by atoms with van der Waals surface area (Å²) in [6.45, 7) is 2.75. The van der Waals surface area contributed by atoms with Gasteiger partial charge in [-0.15, -0.1) is 0 Å². The Morgan fingerprint density at radius 3 is 3.00 bits per heavy atom. The second-order valence-electron chi connectivity index (χ2n) is 4.71. The van der Waals surface area contributed by atoms with Crippen LogP contribution in [-0.4, -0.2) is 36.2 Å². The van der Waals surface area contributed by atoms with Crippen LogP contribution in [-0.2, 0) is 4.79 Å². The van der Waals surface area contributed by atoms with Gasteiger partial charge in [0.05, 0.1) is 5.02 Å². The first-order valence-corrected chi connectivity index (χ1v) is 6.53. The van der Waals surface area contributed by atoms with E-state index in [0.29, 0.717) is 6.54 Å². The summed E-state index contributed by atoms with van der Waals surface area (Å²) in [7, 11) is 0. The lowest BCUT2D eigenvalue weighted by Crippen LogP contribution is -2.41. The van der Waals surface area contributed by atoms with Crippen molar-refractivity contribution in [2.75, 3.05) is 18.0 Å². The lowest BCUT2D eigenvalue weighted by Gasteiger charge is -2.19. The zero-order valence-corrected chi connectivity index (χ0v) is 11.3. The van der Waals surface area contributed by atoms with Gasteiger partial charge < -0.3 is 15.3 Å². The summed E-state index contributed by atoms with van der Waals surface area (Å²) >= 11 is 5.64. The van der Waals surface area contributed by atoms with Crippen molar-refractivity contribution in [3.8, 4) is 0 Å². The molecule has 2 unspecified atom stereocenters. The molecule has 1 amide bonds. The number of hydrogen-bond donors (Lipinski definition) is 2. The number of aliphatic hydroxyl groups excluding tert-OH is 1. The molecule has 6 heteroatoms. The molecular formula is C13H16ClFN2O2. The van der Waals surface area contributed by atoms with Gasteiger partial charge in [0.25, 0.3) is 0 Å². The molecular weight excluding hydrogens is 271 g/mol. The molecule has 1 aromatic rings. The molecule has 1 saturated heterocycles. The van der Waals surface area contributed by atoms with Gasteiger partial charge in [0.1, 0.15) is 11.9 Å². The predicted molar refractivity (Wildman–Crippen MR) is 71.9 cm³/mol. The number of carbonyl (C=O) groups excluding carboxylic acids is 1. The van der Waals surface area contributed by atoms with Gasteiger partial charge in [0.15, 0.2) is 0 Å². The van der Waals surface area contributed by atoms with Gasteiger partial charge in [-0.2, -0.15) is 0 Å². The number of aliphatic hydroxyl groups is 1. The van der Waals surface area contributed by atoms with Crippen molar-refractivity contribution in [3.63, 3.8) is 0 Å². The van der Waals surface area contributed by atoms with Gasteiger partial charge in [0.2, 0.25) is 5.91 Å². The Balaban J connectivity index is 1.98. The molecule has 1 aliphatic heterocycles. The molecule has 0 aliphatic carbocycles. The summed E-state index contributed by atoms with van der Waals surface area (Å²) in [5.41, 5.74) is 0.746. The minimum Gasteiger partial charge on any atom is -0.384 e. The van der Waals surface area contributed by atoms with Crippen molar-refractivity contribution in [1.29, 1.82) is 0 Å². The number of nitrogens with zero attached hydrogens (tertiary/aromatic N) is 1. The Kier molecular flexibility index (Phi) is 4.27. The maximum Gasteiger partial charge on any atom is 0.248 e. The molecule has 0 radical (unpaired) electrons. The van der Waals surface area contributed by atoms with Crippen molar-refractivity contribution in [3.05, 3.63) is 29.0 Å². The molecule has 1 fully saturated rings. The molecule has 1 aliphatic rings. The van der Waals surface area contributed by atoms with E-state index >= 15 is 0 Å². The number of anilines is 1. The van der Waals surface area contributed by atoms with Gasteiger partial charge in [-0.25, -0.2) is 4.39 Å². The number of carbonyl (C=O) groups is 1. The van der Waals surface area contributed by atoms with Crippen LogP contribution in [0.5, 0.6) is 0 Å². The van der Waals surface area contributed by atoms with E-state index < -0.39 is 11.9 Å². The Bertz CT molecular complexity index is 482. The molecule has 4 nitrogen and oxygen atoms in total. The lowest BCUT2D eigenvalue weighted by atomic mass is 10.2. The summed E-state index contributed by atoms with van der Waals surface area (Å²) in [5, 5.41) is 12.0. The maximum atomic E-state index is 13.4. The molecule has 0 saturated carbocycles. The zero-order valence-electron chi connectivity index (χ0n) is 10.6. The van der Waals surface area contributed by atoms with Gasteiger partial charge in [-0.05, 0) is 31.5 Å². The summed E-state index contributed by atoms with van der Waals surface area (Å²) in [5.74, 6) is -0.829. The number of amides is 1. The quantitative estimate of drug-likeness (QED) is 0.886. The predicted octanol–water partition coefficient (Wildman–Crippen LogP) is 1.55. The van der Waals surface area contributed by atoms with E-state index in [0.717, 1.165) is 18.7 Å². The zero-order chi connectivity index (χ0) is 14.0. The lowest BCUT2D eigenvalue weighted by molar-refractivity contribution is -0.129. The summed E-state index contributed by atoms with van der Waals surface area (Å²) in [4.78, 5) is 13.4. The summed E-state index contributed by atoms with van der Waals surface area (Å²) in [6.07, 6.45) is -0.245. The number of nitrogens with one attached hydrogen (secondary N) is 1. The smallest absolute Gasteiger partial charge is 0.248 e. The summed E-state index contributed by atoms with van der Waals surface area (Å²) < 4.78 is 13.4. The largest absolute Gasteiger partial charge is 0.384 e. The van der Waals surface area contributed by atoms with Crippen LogP contribution >= 0.6 is 11.6 Å². The molecule has 2 atom stereocenters. The van der Waals surface area contributed by atoms with E-state index in [-0.39, 0.29) is 17.0 Å². The highest BCUT2D eigenvalue weighted by molar-refractivity contribution is 6.30. The van der Waals surface area contributed by atoms with Crippen LogP contribution in [0.2, 0.25) is 5.02 Å². The van der Waals surface area contributed by atoms with Crippen molar-refractivity contribution in [2.45, 2.75) is 25.5 Å². The standard InChI is InChI=1S/C13H16ClFN2O2/c1-8(18)13(19)16-9-4-5-17(7-9)10-2-3-11(14)12(15)6-10/h2-3,6,8-9,18H,4-5,7H2,1H3,(H,16,19). The first-order valence-electron chi connectivity index (χ1n) is 6.16. The number of hydrogen-bond acceptors (Lipinski definition) is 3. The van der Waals surface area contributed by atoms with Gasteiger partial charge in [-0.3, -0.25) is 4.79 Å². The van der Waals surface area contributed by atoms with E-state index in [4.69, 9.17) is 16.7 Å².